The Bertz CT molecular complexity index is 6700. The number of aryl methyl sites for hydroxylation is 20. The summed E-state index contributed by atoms with van der Waals surface area (Å²) < 4.78 is 37.9. The van der Waals surface area contributed by atoms with Crippen LogP contribution < -0.4 is 0 Å². The van der Waals surface area contributed by atoms with E-state index in [0.29, 0.717) is 0 Å². The van der Waals surface area contributed by atoms with Crippen LogP contribution in [0.5, 0.6) is 0 Å². The first-order valence-corrected chi connectivity index (χ1v) is 49.6. The molecule has 10 heteroatoms. The fourth-order valence-electron chi connectivity index (χ4n) is 15.6. The molecule has 741 valence electrons. The summed E-state index contributed by atoms with van der Waals surface area (Å²) in [4.78, 5) is 17.2. The fraction of sp³-hybridized carbons (Fsp3) is 0.273. The Labute approximate surface area is 867 Å². The van der Waals surface area contributed by atoms with Gasteiger partial charge in [-0.1, -0.05) is 289 Å². The van der Waals surface area contributed by atoms with Gasteiger partial charge in [-0.15, -0.1) is 22.7 Å². The molecule has 0 saturated carbocycles. The molecule has 14 aromatic carbocycles. The van der Waals surface area contributed by atoms with E-state index in [4.69, 9.17) is 19.6 Å². The van der Waals surface area contributed by atoms with Crippen LogP contribution in [-0.4, -0.2) is 30.1 Å². The summed E-state index contributed by atoms with van der Waals surface area (Å²) in [5.41, 5.74) is 42.2. The quantitative estimate of drug-likeness (QED) is 0.0980. The zero-order valence-corrected chi connectivity index (χ0v) is 91.2. The van der Waals surface area contributed by atoms with Crippen molar-refractivity contribution >= 4 is 109 Å². The van der Waals surface area contributed by atoms with Crippen molar-refractivity contribution in [1.29, 1.82) is 2.79 Å². The monoisotopic (exact) mass is 1930 g/mol. The standard InChI is InChI=1S/C17H18.3C12H12.C12H18.C11H11N.C10H10O.C10H10S.C9H12.C7H6O.C6H8O.C6H8S.C6H12.2CH4.BO.BH.FH/c1-11-9-14-13-7-5-6-8-15(13)17(3,4)16(14)10-12(11)2;1-9-7-11-5-3-4-6-12(11)8-10(9)2;2*1-9-7-8-11-5-3-4-6-12(11)10(9)2;1-7-8(2)10(4)12(6)11(5)9(7)3;1-8-6-10-4-3-5-12-11(10)7-9(8)2;2*1-7-8(2)11-10-6-4-3-5-9(7)10;1-3-9-7-5-4-6-8(9)2;8-6-7-4-2-1-3-5-7;2*1-5-3-4-7-6(5)2;1-5(2)6(3)4;;;1-2;;/h5-10H,1-4H3;3*3-8H,1-2H3;1-6H3;3-7H,1-2H3;2*3-6H,1-2H3;4-7H,3H2,1-2H3;1-6H;2*3-4H,1-2H3;1-4H3;2*1H4;;2*1H/i;;;;;;;;;;;;;;;;1T;/hT. The number of hydrogen-bond acceptors (Lipinski definition) is 7. The number of hydrogen-bond donors (Lipinski definition) is 0. The van der Waals surface area contributed by atoms with Crippen LogP contribution in [0.25, 0.3) is 75.4 Å². The molecule has 0 fully saturated rings. The van der Waals surface area contributed by atoms with Crippen LogP contribution in [0.1, 0.15) is 228 Å². The summed E-state index contributed by atoms with van der Waals surface area (Å²) in [6.07, 6.45) is 5.51. The number of nitrogens with zero attached hydrogens (tertiary/aromatic N) is 1. The number of allylic oxidation sites excluding steroid dienone is 2. The Morgan fingerprint density at radius 3 is 1.21 bits per heavy atom. The maximum absolute atomic E-state index is 10.0. The van der Waals surface area contributed by atoms with Crippen molar-refractivity contribution in [3.05, 3.63) is 474 Å². The van der Waals surface area contributed by atoms with Crippen molar-refractivity contribution < 1.29 is 23.1 Å². The van der Waals surface area contributed by atoms with E-state index >= 15 is 0 Å². The second-order valence-electron chi connectivity index (χ2n) is 37.0. The molecule has 3 radical (unpaired) electrons. The van der Waals surface area contributed by atoms with E-state index in [1.807, 2.05) is 86.8 Å². The van der Waals surface area contributed by atoms with Gasteiger partial charge in [0.1, 0.15) is 23.4 Å². The average molecular weight is 1930 g/mol. The van der Waals surface area contributed by atoms with Gasteiger partial charge in [0.05, 0.1) is 11.8 Å². The molecular weight excluding hydrogens is 1770 g/mol. The molecule has 0 unspecified atom stereocenters. The number of carbonyl (C=O) groups excluding carboxylic acids is 1. The van der Waals surface area contributed by atoms with E-state index in [-0.39, 0.29) is 20.3 Å². The van der Waals surface area contributed by atoms with Gasteiger partial charge in [0.2, 0.25) is 0 Å². The number of fused-ring (bicyclic) bond motifs is 9. The van der Waals surface area contributed by atoms with Crippen LogP contribution in [0, 0.1) is 173 Å². The second-order valence-corrected chi connectivity index (χ2v) is 39.3. The van der Waals surface area contributed by atoms with E-state index in [1.54, 1.807) is 29.7 Å². The van der Waals surface area contributed by atoms with Gasteiger partial charge in [-0.2, -0.15) is 0 Å². The first-order valence-electron chi connectivity index (χ1n) is 48.9. The van der Waals surface area contributed by atoms with Gasteiger partial charge in [-0.3, -0.25) is 14.5 Å². The summed E-state index contributed by atoms with van der Waals surface area (Å²) in [6.45, 7) is 69.1. The Morgan fingerprint density at radius 2 is 0.789 bits per heavy atom. The Balaban J connectivity index is 0.000000401. The van der Waals surface area contributed by atoms with E-state index < -0.39 is 0 Å². The third kappa shape index (κ3) is 34.7. The van der Waals surface area contributed by atoms with Crippen LogP contribution in [-0.2, 0) is 16.5 Å². The van der Waals surface area contributed by atoms with Crippen molar-refractivity contribution in [3.63, 3.8) is 0 Å². The maximum atomic E-state index is 10.0. The van der Waals surface area contributed by atoms with Crippen LogP contribution in [0.2, 0.25) is 0 Å². The van der Waals surface area contributed by atoms with Crippen molar-refractivity contribution in [3.8, 4) is 11.1 Å². The Morgan fingerprint density at radius 1 is 0.366 bits per heavy atom. The molecule has 0 spiro atoms. The number of benzene rings is 14. The zero-order chi connectivity index (χ0) is 106. The first kappa shape index (κ1) is 120. The summed E-state index contributed by atoms with van der Waals surface area (Å²) in [6, 6.07) is 98.9. The number of thiophene rings is 2. The molecule has 0 bridgehead atoms. The molecule has 1 aliphatic rings. The van der Waals surface area contributed by atoms with Gasteiger partial charge in [-0.25, -0.2) is 0 Å². The molecule has 5 nitrogen and oxygen atoms in total. The Kier molecular flexibility index (Phi) is 50.8. The molecule has 0 aliphatic heterocycles. The molecule has 0 atom stereocenters. The average Bonchev–Trinajstić information content (AvgIpc) is 1.58. The summed E-state index contributed by atoms with van der Waals surface area (Å²) >= 11 is 3.68. The molecule has 142 heavy (non-hydrogen) atoms. The number of carbonyl (C=O) groups is 1. The minimum atomic E-state index is 0. The van der Waals surface area contributed by atoms with E-state index in [2.05, 4.69) is 453 Å². The van der Waals surface area contributed by atoms with Crippen LogP contribution in [0.4, 0.5) is 4.72 Å². The Hall–Kier alpha value is -13.0. The number of rotatable bonds is 2. The van der Waals surface area contributed by atoms with Crippen molar-refractivity contribution in [2.24, 2.45) is 0 Å². The van der Waals surface area contributed by atoms with Gasteiger partial charge in [0.25, 0.3) is 1.45 Å². The van der Waals surface area contributed by atoms with Crippen LogP contribution in [0.15, 0.2) is 323 Å². The van der Waals surface area contributed by atoms with Gasteiger partial charge in [0, 0.05) is 50.8 Å². The van der Waals surface area contributed by atoms with Gasteiger partial charge in [-0.05, 0) is 439 Å². The van der Waals surface area contributed by atoms with Crippen molar-refractivity contribution in [2.75, 3.05) is 0 Å². The number of aldehydes is 1. The molecule has 5 aromatic heterocycles. The van der Waals surface area contributed by atoms with Gasteiger partial charge < -0.3 is 8.83 Å². The molecule has 0 saturated heterocycles. The molecule has 1 aliphatic carbocycles. The van der Waals surface area contributed by atoms with Gasteiger partial charge in [0.15, 0.2) is 0 Å². The number of pyridine rings is 1. The van der Waals surface area contributed by atoms with Crippen molar-refractivity contribution in [1.82, 2.24) is 4.98 Å². The third-order valence-electron chi connectivity index (χ3n) is 27.1. The molecule has 20 rings (SSSR count). The summed E-state index contributed by atoms with van der Waals surface area (Å²) in [5, 5.41) is 14.1. The molecule has 0 N–H and O–H groups in total. The normalized spacial score (nSPS) is 10.4. The first-order chi connectivity index (χ1) is 67.7. The van der Waals surface area contributed by atoms with E-state index in [0.717, 1.165) is 40.9 Å². The topological polar surface area (TPSA) is 73.3 Å². The summed E-state index contributed by atoms with van der Waals surface area (Å²) in [5.74, 6) is 2.03. The van der Waals surface area contributed by atoms with Crippen LogP contribution in [0.3, 0.4) is 0 Å². The fourth-order valence-corrected chi connectivity index (χ4v) is 17.4. The zero-order valence-electron chi connectivity index (χ0n) is 91.6. The van der Waals surface area contributed by atoms with Crippen molar-refractivity contribution in [2.45, 2.75) is 248 Å². The summed E-state index contributed by atoms with van der Waals surface area (Å²) in [7, 11) is 7.00. The predicted molar refractivity (Wildman–Crippen MR) is 630 cm³/mol. The second kappa shape index (κ2) is 60.3. The van der Waals surface area contributed by atoms with E-state index in [9.17, 15) is 4.79 Å². The minimum absolute atomic E-state index is 0. The third-order valence-corrected chi connectivity index (χ3v) is 29.2. The number of aromatic nitrogens is 1. The SMILES string of the molecule is C.C.CC(C)=C(C)C.CCc1ccccc1C.Cc1c(C)c(C)c(C)c(C)c1C.Cc1cc2c(cc1C)C(C)(C)c1ccccc1-2.Cc1cc2ccccc2cc1C.Cc1cc2cccnc2cc1C.Cc1ccc2ccccc2c1C.Cc1ccc2ccccc2c1C.Cc1ccoc1C.Cc1ccsc1C.Cc1oc2ccccc2c1C.Cc1sc2ccccc2c1C.O=Cc1ccccc1.[3H]F.[3H][B].[B]=O. The van der Waals surface area contributed by atoms with Crippen LogP contribution >= 0.6 is 22.7 Å². The molecular formula is C132H159B2FNO4S2. The van der Waals surface area contributed by atoms with Gasteiger partial charge >= 0.3 is 12.4 Å². The predicted octanol–water partition coefficient (Wildman–Crippen LogP) is 38.9. The van der Waals surface area contributed by atoms with E-state index in [1.165, 1.54) is 219 Å². The number of furan rings is 2. The molecule has 0 amide bonds. The molecule has 5 heterocycles. The number of para-hydroxylation sites is 1. The number of halogens is 1. The molecule has 19 aromatic rings.